The van der Waals surface area contributed by atoms with Crippen molar-refractivity contribution in [1.82, 2.24) is 4.31 Å². The molecule has 0 amide bonds. The minimum absolute atomic E-state index is 0.0431. The molecule has 0 bridgehead atoms. The number of esters is 1. The standard InChI is InChI=1S/C13H17NO6S2/c1-18-10-5-4-9(8-11(10)19-2)22(16,17)14-6-7-21-12(14)13(15)20-3/h4-5,8,12H,6-7H2,1-3H3. The number of carbonyl (C=O) groups excluding carboxylic acids is 1. The summed E-state index contributed by atoms with van der Waals surface area (Å²) < 4.78 is 41.5. The number of nitrogens with zero attached hydrogens (tertiary/aromatic N) is 1. The molecule has 0 aromatic heterocycles. The van der Waals surface area contributed by atoms with Crippen molar-refractivity contribution in [2.75, 3.05) is 33.6 Å². The van der Waals surface area contributed by atoms with E-state index in [2.05, 4.69) is 4.74 Å². The van der Waals surface area contributed by atoms with Gasteiger partial charge in [-0.2, -0.15) is 4.31 Å². The fraction of sp³-hybridized carbons (Fsp3) is 0.462. The van der Waals surface area contributed by atoms with Crippen LogP contribution in [0.1, 0.15) is 0 Å². The van der Waals surface area contributed by atoms with E-state index in [0.717, 1.165) is 4.31 Å². The van der Waals surface area contributed by atoms with E-state index in [1.54, 1.807) is 0 Å². The molecule has 0 spiro atoms. The Morgan fingerprint density at radius 3 is 2.50 bits per heavy atom. The SMILES string of the molecule is COC(=O)C1SCCN1S(=O)(=O)c1ccc(OC)c(OC)c1. The van der Waals surface area contributed by atoms with E-state index in [9.17, 15) is 13.2 Å². The molecular formula is C13H17NO6S2. The molecular weight excluding hydrogens is 330 g/mol. The normalized spacial score (nSPS) is 19.0. The second-order valence-electron chi connectivity index (χ2n) is 4.38. The second-order valence-corrected chi connectivity index (χ2v) is 7.46. The number of rotatable bonds is 5. The molecule has 1 aliphatic heterocycles. The minimum atomic E-state index is -3.82. The monoisotopic (exact) mass is 347 g/mol. The molecule has 1 aromatic rings. The van der Waals surface area contributed by atoms with Crippen LogP contribution < -0.4 is 9.47 Å². The van der Waals surface area contributed by atoms with Gasteiger partial charge in [0.1, 0.15) is 0 Å². The Hall–Kier alpha value is -1.45. The van der Waals surface area contributed by atoms with E-state index >= 15 is 0 Å². The van der Waals surface area contributed by atoms with Crippen molar-refractivity contribution in [2.45, 2.75) is 10.3 Å². The Kier molecular flexibility index (Phi) is 5.20. The van der Waals surface area contributed by atoms with Crippen LogP contribution in [0.2, 0.25) is 0 Å². The summed E-state index contributed by atoms with van der Waals surface area (Å²) in [5.41, 5.74) is 0. The number of carbonyl (C=O) groups is 1. The van der Waals surface area contributed by atoms with Gasteiger partial charge in [-0.05, 0) is 12.1 Å². The summed E-state index contributed by atoms with van der Waals surface area (Å²) in [7, 11) is 0.311. The summed E-state index contributed by atoms with van der Waals surface area (Å²) in [5.74, 6) is 0.699. The number of hydrogen-bond acceptors (Lipinski definition) is 7. The highest BCUT2D eigenvalue weighted by Crippen LogP contribution is 2.34. The van der Waals surface area contributed by atoms with Gasteiger partial charge in [0, 0.05) is 18.4 Å². The molecule has 0 saturated carbocycles. The van der Waals surface area contributed by atoms with E-state index < -0.39 is 21.4 Å². The molecule has 0 N–H and O–H groups in total. The number of ether oxygens (including phenoxy) is 3. The van der Waals surface area contributed by atoms with Crippen LogP contribution in [0, 0.1) is 0 Å². The van der Waals surface area contributed by atoms with Gasteiger partial charge >= 0.3 is 5.97 Å². The van der Waals surface area contributed by atoms with E-state index in [1.807, 2.05) is 0 Å². The summed E-state index contributed by atoms with van der Waals surface area (Å²) in [6, 6.07) is 4.32. The van der Waals surface area contributed by atoms with Gasteiger partial charge in [0.05, 0.1) is 26.2 Å². The summed E-state index contributed by atoms with van der Waals surface area (Å²) in [5, 5.41) is -0.858. The highest BCUT2D eigenvalue weighted by Gasteiger charge is 2.41. The van der Waals surface area contributed by atoms with Gasteiger partial charge in [-0.1, -0.05) is 0 Å². The van der Waals surface area contributed by atoms with Crippen molar-refractivity contribution >= 4 is 27.8 Å². The van der Waals surface area contributed by atoms with Gasteiger partial charge < -0.3 is 14.2 Å². The quantitative estimate of drug-likeness (QED) is 0.733. The Labute approximate surface area is 133 Å². The molecule has 9 heteroatoms. The first-order valence-electron chi connectivity index (χ1n) is 6.39. The maximum absolute atomic E-state index is 12.7. The first-order chi connectivity index (χ1) is 10.5. The molecule has 1 aliphatic rings. The predicted octanol–water partition coefficient (Wildman–Crippen LogP) is 0.940. The highest BCUT2D eigenvalue weighted by molar-refractivity contribution is 8.02. The summed E-state index contributed by atoms with van der Waals surface area (Å²) in [6.07, 6.45) is 0. The number of thioether (sulfide) groups is 1. The number of sulfonamides is 1. The molecule has 1 unspecified atom stereocenters. The molecule has 122 valence electrons. The second kappa shape index (κ2) is 6.76. The molecule has 22 heavy (non-hydrogen) atoms. The molecule has 1 fully saturated rings. The Morgan fingerprint density at radius 1 is 1.23 bits per heavy atom. The van der Waals surface area contributed by atoms with Crippen LogP contribution in [0.5, 0.6) is 11.5 Å². The lowest BCUT2D eigenvalue weighted by Gasteiger charge is -2.21. The van der Waals surface area contributed by atoms with Crippen molar-refractivity contribution in [1.29, 1.82) is 0 Å². The lowest BCUT2D eigenvalue weighted by Crippen LogP contribution is -2.39. The van der Waals surface area contributed by atoms with Crippen LogP contribution in [0.25, 0.3) is 0 Å². The zero-order valence-electron chi connectivity index (χ0n) is 12.4. The average Bonchev–Trinajstić information content (AvgIpc) is 3.03. The van der Waals surface area contributed by atoms with Crippen molar-refractivity contribution in [3.05, 3.63) is 18.2 Å². The van der Waals surface area contributed by atoms with Crippen LogP contribution in [-0.4, -0.2) is 57.7 Å². The third kappa shape index (κ3) is 3.01. The lowest BCUT2D eigenvalue weighted by molar-refractivity contribution is -0.141. The topological polar surface area (TPSA) is 82.1 Å². The fourth-order valence-corrected chi connectivity index (χ4v) is 5.20. The maximum Gasteiger partial charge on any atom is 0.334 e. The van der Waals surface area contributed by atoms with Gasteiger partial charge in [-0.25, -0.2) is 13.2 Å². The molecule has 1 heterocycles. The molecule has 1 saturated heterocycles. The summed E-state index contributed by atoms with van der Waals surface area (Å²) >= 11 is 1.24. The van der Waals surface area contributed by atoms with E-state index in [0.29, 0.717) is 17.3 Å². The zero-order valence-corrected chi connectivity index (χ0v) is 14.1. The Balaban J connectivity index is 2.40. The van der Waals surface area contributed by atoms with Crippen LogP contribution in [0.15, 0.2) is 23.1 Å². The Morgan fingerprint density at radius 2 is 1.91 bits per heavy atom. The van der Waals surface area contributed by atoms with E-state index in [4.69, 9.17) is 9.47 Å². The minimum Gasteiger partial charge on any atom is -0.493 e. The number of hydrogen-bond donors (Lipinski definition) is 0. The largest absolute Gasteiger partial charge is 0.493 e. The molecule has 2 rings (SSSR count). The molecule has 7 nitrogen and oxygen atoms in total. The summed E-state index contributed by atoms with van der Waals surface area (Å²) in [6.45, 7) is 0.251. The number of methoxy groups -OCH3 is 3. The van der Waals surface area contributed by atoms with Gasteiger partial charge in [0.25, 0.3) is 0 Å². The number of benzene rings is 1. The third-order valence-corrected chi connectivity index (χ3v) is 6.39. The molecule has 1 aromatic carbocycles. The van der Waals surface area contributed by atoms with E-state index in [1.165, 1.54) is 51.3 Å². The van der Waals surface area contributed by atoms with Crippen LogP contribution in [0.3, 0.4) is 0 Å². The fourth-order valence-electron chi connectivity index (χ4n) is 2.10. The van der Waals surface area contributed by atoms with Crippen molar-refractivity contribution in [3.63, 3.8) is 0 Å². The molecule has 1 atom stereocenters. The van der Waals surface area contributed by atoms with Gasteiger partial charge in [0.15, 0.2) is 16.9 Å². The maximum atomic E-state index is 12.7. The van der Waals surface area contributed by atoms with Crippen molar-refractivity contribution in [3.8, 4) is 11.5 Å². The smallest absolute Gasteiger partial charge is 0.334 e. The first-order valence-corrected chi connectivity index (χ1v) is 8.88. The zero-order chi connectivity index (χ0) is 16.3. The average molecular weight is 347 g/mol. The Bertz CT molecular complexity index is 660. The predicted molar refractivity (Wildman–Crippen MR) is 81.7 cm³/mol. The third-order valence-electron chi connectivity index (χ3n) is 3.21. The molecule has 0 aliphatic carbocycles. The van der Waals surface area contributed by atoms with Crippen molar-refractivity contribution < 1.29 is 27.4 Å². The van der Waals surface area contributed by atoms with Gasteiger partial charge in [-0.3, -0.25) is 0 Å². The lowest BCUT2D eigenvalue weighted by atomic mass is 10.3. The summed E-state index contributed by atoms with van der Waals surface area (Å²) in [4.78, 5) is 11.8. The first kappa shape index (κ1) is 16.9. The van der Waals surface area contributed by atoms with Gasteiger partial charge in [0.2, 0.25) is 10.0 Å². The van der Waals surface area contributed by atoms with Crippen LogP contribution in [-0.2, 0) is 19.6 Å². The van der Waals surface area contributed by atoms with Crippen LogP contribution >= 0.6 is 11.8 Å². The molecule has 0 radical (unpaired) electrons. The van der Waals surface area contributed by atoms with Crippen LogP contribution in [0.4, 0.5) is 0 Å². The van der Waals surface area contributed by atoms with Gasteiger partial charge in [-0.15, -0.1) is 11.8 Å². The van der Waals surface area contributed by atoms with Crippen molar-refractivity contribution in [2.24, 2.45) is 0 Å². The van der Waals surface area contributed by atoms with E-state index in [-0.39, 0.29) is 11.4 Å². The highest BCUT2D eigenvalue weighted by atomic mass is 32.2.